The van der Waals surface area contributed by atoms with Crippen LogP contribution < -0.4 is 4.74 Å². The van der Waals surface area contributed by atoms with Crippen LogP contribution in [0.15, 0.2) is 18.3 Å². The van der Waals surface area contributed by atoms with Crippen LogP contribution in [-0.2, 0) is 6.54 Å². The van der Waals surface area contributed by atoms with Crippen molar-refractivity contribution in [3.05, 3.63) is 34.5 Å². The molecule has 3 heterocycles. The van der Waals surface area contributed by atoms with Gasteiger partial charge in [0.05, 0.1) is 12.7 Å². The fraction of sp³-hybridized carbons (Fsp3) is 0.500. The van der Waals surface area contributed by atoms with Gasteiger partial charge in [0.1, 0.15) is 5.82 Å². The van der Waals surface area contributed by atoms with Gasteiger partial charge in [-0.15, -0.1) is 0 Å². The summed E-state index contributed by atoms with van der Waals surface area (Å²) in [5.74, 6) is 1.85. The van der Waals surface area contributed by atoms with Crippen molar-refractivity contribution in [2.24, 2.45) is 0 Å². The largest absolute Gasteiger partial charge is 0.481 e. The van der Waals surface area contributed by atoms with Crippen molar-refractivity contribution in [3.8, 4) is 5.88 Å². The maximum atomic E-state index is 12.6. The van der Waals surface area contributed by atoms with Gasteiger partial charge in [0.25, 0.3) is 5.91 Å². The molecule has 0 spiro atoms. The zero-order valence-electron chi connectivity index (χ0n) is 13.9. The predicted octanol–water partition coefficient (Wildman–Crippen LogP) is 2.38. The van der Waals surface area contributed by atoms with Gasteiger partial charge in [-0.2, -0.15) is 5.10 Å². The summed E-state index contributed by atoms with van der Waals surface area (Å²) in [6.07, 6.45) is 3.33. The number of aromatic nitrogens is 4. The van der Waals surface area contributed by atoms with Gasteiger partial charge in [-0.1, -0.05) is 0 Å². The molecule has 0 aromatic carbocycles. The van der Waals surface area contributed by atoms with E-state index in [4.69, 9.17) is 17.0 Å². The van der Waals surface area contributed by atoms with Crippen LogP contribution in [0.25, 0.3) is 0 Å². The molecular weight excluding hydrogens is 326 g/mol. The Morgan fingerprint density at radius 2 is 2.17 bits per heavy atom. The van der Waals surface area contributed by atoms with E-state index < -0.39 is 0 Å². The summed E-state index contributed by atoms with van der Waals surface area (Å²) in [5.41, 5.74) is 0.588. The molecule has 1 aliphatic rings. The molecule has 0 radical (unpaired) electrons. The predicted molar refractivity (Wildman–Crippen MR) is 91.8 cm³/mol. The highest BCUT2D eigenvalue weighted by atomic mass is 32.1. The number of carbonyl (C=O) groups excluding carboxylic acids is 1. The average Bonchev–Trinajstić information content (AvgIpc) is 3.02. The van der Waals surface area contributed by atoms with Crippen molar-refractivity contribution >= 4 is 18.1 Å². The zero-order valence-corrected chi connectivity index (χ0v) is 14.7. The molecule has 1 aliphatic heterocycles. The molecule has 1 amide bonds. The van der Waals surface area contributed by atoms with Gasteiger partial charge in [0.15, 0.2) is 4.77 Å². The minimum absolute atomic E-state index is 0.0120. The van der Waals surface area contributed by atoms with E-state index in [1.54, 1.807) is 25.4 Å². The SMILES string of the molecule is CCn1c(C2CCN(C(=O)c3ccc(OC)nc3)CC2)n[nH]c1=S. The Bertz CT molecular complexity index is 760. The van der Waals surface area contributed by atoms with E-state index in [1.807, 2.05) is 9.47 Å². The van der Waals surface area contributed by atoms with Crippen LogP contribution in [0.3, 0.4) is 0 Å². The van der Waals surface area contributed by atoms with Crippen LogP contribution in [-0.4, -0.2) is 50.8 Å². The van der Waals surface area contributed by atoms with E-state index in [0.717, 1.165) is 25.2 Å². The first-order chi connectivity index (χ1) is 11.6. The maximum absolute atomic E-state index is 12.6. The molecule has 128 valence electrons. The molecule has 1 fully saturated rings. The molecule has 0 bridgehead atoms. The fourth-order valence-corrected chi connectivity index (χ4v) is 3.37. The second kappa shape index (κ2) is 7.12. The first-order valence-corrected chi connectivity index (χ1v) is 8.49. The van der Waals surface area contributed by atoms with Crippen LogP contribution in [0.5, 0.6) is 5.88 Å². The molecule has 0 unspecified atom stereocenters. The zero-order chi connectivity index (χ0) is 17.1. The number of amides is 1. The monoisotopic (exact) mass is 347 g/mol. The summed E-state index contributed by atoms with van der Waals surface area (Å²) in [6.45, 7) is 4.28. The van der Waals surface area contributed by atoms with E-state index in [9.17, 15) is 4.79 Å². The van der Waals surface area contributed by atoms with Crippen molar-refractivity contribution in [3.63, 3.8) is 0 Å². The molecule has 1 N–H and O–H groups in total. The van der Waals surface area contributed by atoms with Crippen LogP contribution in [0.1, 0.15) is 41.9 Å². The Balaban J connectivity index is 1.65. The number of H-pyrrole nitrogens is 1. The standard InChI is InChI=1S/C16H21N5O2S/c1-3-21-14(18-19-16(21)24)11-6-8-20(9-7-11)15(22)12-4-5-13(23-2)17-10-12/h4-5,10-11H,3,6-9H2,1-2H3,(H,19,24). The Morgan fingerprint density at radius 1 is 1.42 bits per heavy atom. The average molecular weight is 347 g/mol. The van der Waals surface area contributed by atoms with E-state index in [2.05, 4.69) is 22.1 Å². The topological polar surface area (TPSA) is 76.0 Å². The number of pyridine rings is 1. The number of nitrogens with zero attached hydrogens (tertiary/aromatic N) is 4. The molecule has 24 heavy (non-hydrogen) atoms. The second-order valence-electron chi connectivity index (χ2n) is 5.79. The van der Waals surface area contributed by atoms with Crippen molar-refractivity contribution in [1.29, 1.82) is 0 Å². The molecule has 0 aliphatic carbocycles. The number of hydrogen-bond donors (Lipinski definition) is 1. The highest BCUT2D eigenvalue weighted by Crippen LogP contribution is 2.27. The first-order valence-electron chi connectivity index (χ1n) is 8.08. The van der Waals surface area contributed by atoms with Crippen LogP contribution in [0.2, 0.25) is 0 Å². The minimum Gasteiger partial charge on any atom is -0.481 e. The molecule has 2 aromatic heterocycles. The highest BCUT2D eigenvalue weighted by molar-refractivity contribution is 7.71. The third-order valence-electron chi connectivity index (χ3n) is 4.44. The molecule has 1 saturated heterocycles. The molecule has 0 saturated carbocycles. The first kappa shape index (κ1) is 16.6. The molecule has 8 heteroatoms. The third-order valence-corrected chi connectivity index (χ3v) is 4.76. The van der Waals surface area contributed by atoms with Gasteiger partial charge in [-0.05, 0) is 38.0 Å². The number of likely N-dealkylation sites (tertiary alicyclic amines) is 1. The second-order valence-corrected chi connectivity index (χ2v) is 6.17. The molecule has 3 rings (SSSR count). The van der Waals surface area contributed by atoms with Gasteiger partial charge in [0.2, 0.25) is 5.88 Å². The lowest BCUT2D eigenvalue weighted by Gasteiger charge is -2.31. The lowest BCUT2D eigenvalue weighted by Crippen LogP contribution is -2.38. The summed E-state index contributed by atoms with van der Waals surface area (Å²) in [6, 6.07) is 3.46. The minimum atomic E-state index is 0.0120. The molecule has 7 nitrogen and oxygen atoms in total. The van der Waals surface area contributed by atoms with Crippen LogP contribution in [0, 0.1) is 4.77 Å². The van der Waals surface area contributed by atoms with Crippen molar-refractivity contribution in [2.45, 2.75) is 32.2 Å². The number of nitrogens with one attached hydrogen (secondary N) is 1. The van der Waals surface area contributed by atoms with E-state index in [-0.39, 0.29) is 5.91 Å². The molecule has 2 aromatic rings. The Hall–Kier alpha value is -2.22. The summed E-state index contributed by atoms with van der Waals surface area (Å²) in [7, 11) is 1.56. The smallest absolute Gasteiger partial charge is 0.255 e. The normalized spacial score (nSPS) is 15.5. The summed E-state index contributed by atoms with van der Waals surface area (Å²) in [5, 5.41) is 7.25. The van der Waals surface area contributed by atoms with Crippen LogP contribution >= 0.6 is 12.2 Å². The Kier molecular flexibility index (Phi) is 4.94. The summed E-state index contributed by atoms with van der Waals surface area (Å²) < 4.78 is 7.72. The summed E-state index contributed by atoms with van der Waals surface area (Å²) >= 11 is 5.25. The lowest BCUT2D eigenvalue weighted by molar-refractivity contribution is 0.0709. The van der Waals surface area contributed by atoms with Gasteiger partial charge in [0, 0.05) is 37.8 Å². The number of piperidine rings is 1. The van der Waals surface area contributed by atoms with E-state index in [1.165, 1.54) is 0 Å². The molecule has 0 atom stereocenters. The summed E-state index contributed by atoms with van der Waals surface area (Å²) in [4.78, 5) is 18.5. The quantitative estimate of drug-likeness (QED) is 0.860. The van der Waals surface area contributed by atoms with Gasteiger partial charge < -0.3 is 14.2 Å². The number of carbonyl (C=O) groups is 1. The third kappa shape index (κ3) is 3.19. The van der Waals surface area contributed by atoms with E-state index >= 15 is 0 Å². The number of aromatic amines is 1. The van der Waals surface area contributed by atoms with Crippen molar-refractivity contribution in [2.75, 3.05) is 20.2 Å². The van der Waals surface area contributed by atoms with E-state index in [0.29, 0.717) is 35.2 Å². The number of methoxy groups -OCH3 is 1. The fourth-order valence-electron chi connectivity index (χ4n) is 3.10. The molecular formula is C16H21N5O2S. The number of hydrogen-bond acceptors (Lipinski definition) is 5. The number of rotatable bonds is 4. The Morgan fingerprint density at radius 3 is 2.75 bits per heavy atom. The van der Waals surface area contributed by atoms with Crippen LogP contribution in [0.4, 0.5) is 0 Å². The lowest BCUT2D eigenvalue weighted by atomic mass is 9.95. The highest BCUT2D eigenvalue weighted by Gasteiger charge is 2.27. The maximum Gasteiger partial charge on any atom is 0.255 e. The van der Waals surface area contributed by atoms with Crippen molar-refractivity contribution in [1.82, 2.24) is 24.6 Å². The van der Waals surface area contributed by atoms with Gasteiger partial charge in [-0.3, -0.25) is 9.89 Å². The van der Waals surface area contributed by atoms with Gasteiger partial charge >= 0.3 is 0 Å². The van der Waals surface area contributed by atoms with Crippen molar-refractivity contribution < 1.29 is 9.53 Å². The van der Waals surface area contributed by atoms with Gasteiger partial charge in [-0.25, -0.2) is 4.98 Å². The number of ether oxygens (including phenoxy) is 1. The Labute approximate surface area is 145 Å².